The first-order chi connectivity index (χ1) is 8.77. The van der Waals surface area contributed by atoms with Gasteiger partial charge in [0.15, 0.2) is 0 Å². The van der Waals surface area contributed by atoms with Gasteiger partial charge in [-0.05, 0) is 31.4 Å². The second-order valence-corrected chi connectivity index (χ2v) is 4.72. The Kier molecular flexibility index (Phi) is 4.61. The van der Waals surface area contributed by atoms with Gasteiger partial charge in [-0.2, -0.15) is 0 Å². The molecule has 0 saturated carbocycles. The van der Waals surface area contributed by atoms with Crippen LogP contribution in [-0.2, 0) is 17.2 Å². The van der Waals surface area contributed by atoms with E-state index in [1.165, 1.54) is 11.1 Å². The summed E-state index contributed by atoms with van der Waals surface area (Å²) >= 11 is 5.99. The fourth-order valence-electron chi connectivity index (χ4n) is 2.20. The average Bonchev–Trinajstić information content (AvgIpc) is 2.74. The van der Waals surface area contributed by atoms with E-state index < -0.39 is 0 Å². The van der Waals surface area contributed by atoms with Crippen molar-refractivity contribution >= 4 is 22.6 Å². The van der Waals surface area contributed by atoms with E-state index >= 15 is 0 Å². The number of methoxy groups -OCH3 is 1. The highest BCUT2D eigenvalue weighted by Gasteiger charge is 2.10. The van der Waals surface area contributed by atoms with Gasteiger partial charge in [0.2, 0.25) is 0 Å². The topological polar surface area (TPSA) is 27.1 Å². The summed E-state index contributed by atoms with van der Waals surface area (Å²) in [5.74, 6) is 1.41. The smallest absolute Gasteiger partial charge is 0.124 e. The van der Waals surface area contributed by atoms with Crippen LogP contribution in [0.5, 0.6) is 0 Å². The van der Waals surface area contributed by atoms with E-state index in [2.05, 4.69) is 34.7 Å². The third-order valence-electron chi connectivity index (χ3n) is 3.16. The summed E-state index contributed by atoms with van der Waals surface area (Å²) < 4.78 is 7.30. The Morgan fingerprint density at radius 3 is 2.89 bits per heavy atom. The van der Waals surface area contributed by atoms with E-state index in [0.717, 1.165) is 37.3 Å². The predicted octanol–water partition coefficient (Wildman–Crippen LogP) is 3.51. The van der Waals surface area contributed by atoms with Gasteiger partial charge in [0.1, 0.15) is 5.82 Å². The minimum absolute atomic E-state index is 0.457. The number of aromatic nitrogens is 2. The molecule has 0 fully saturated rings. The Labute approximate surface area is 113 Å². The highest BCUT2D eigenvalue weighted by atomic mass is 35.5. The van der Waals surface area contributed by atoms with Gasteiger partial charge in [-0.1, -0.05) is 12.1 Å². The molecule has 0 amide bonds. The zero-order chi connectivity index (χ0) is 13.0. The summed E-state index contributed by atoms with van der Waals surface area (Å²) in [5, 5.41) is 0. The van der Waals surface area contributed by atoms with Gasteiger partial charge in [-0.3, -0.25) is 0 Å². The Bertz CT molecular complexity index is 522. The van der Waals surface area contributed by atoms with Crippen LogP contribution in [0.2, 0.25) is 0 Å². The maximum absolute atomic E-state index is 5.99. The first-order valence-corrected chi connectivity index (χ1v) is 6.81. The van der Waals surface area contributed by atoms with Gasteiger partial charge in [-0.15, -0.1) is 11.6 Å². The Morgan fingerprint density at radius 1 is 1.33 bits per heavy atom. The number of unbranched alkanes of at least 4 members (excludes halogenated alkanes) is 1. The molecule has 0 bridgehead atoms. The number of para-hydroxylation sites is 1. The van der Waals surface area contributed by atoms with Crippen molar-refractivity contribution in [1.29, 1.82) is 0 Å². The third kappa shape index (κ3) is 2.68. The van der Waals surface area contributed by atoms with Crippen LogP contribution in [0, 0.1) is 6.92 Å². The number of halogens is 1. The fourth-order valence-corrected chi connectivity index (χ4v) is 2.41. The molecule has 1 aromatic carbocycles. The third-order valence-corrected chi connectivity index (χ3v) is 3.40. The summed E-state index contributed by atoms with van der Waals surface area (Å²) in [4.78, 5) is 4.63. The zero-order valence-electron chi connectivity index (χ0n) is 10.9. The van der Waals surface area contributed by atoms with Crippen LogP contribution in [0.25, 0.3) is 11.0 Å². The Hall–Kier alpha value is -1.06. The summed E-state index contributed by atoms with van der Waals surface area (Å²) in [7, 11) is 1.74. The van der Waals surface area contributed by atoms with Crippen LogP contribution in [0.1, 0.15) is 24.2 Å². The summed E-state index contributed by atoms with van der Waals surface area (Å²) in [6.45, 7) is 3.84. The van der Waals surface area contributed by atoms with Crippen LogP contribution in [0.15, 0.2) is 18.2 Å². The van der Waals surface area contributed by atoms with Gasteiger partial charge in [-0.25, -0.2) is 4.98 Å². The second kappa shape index (κ2) is 6.21. The number of ether oxygens (including phenoxy) is 1. The first-order valence-electron chi connectivity index (χ1n) is 6.27. The van der Waals surface area contributed by atoms with Crippen molar-refractivity contribution in [3.8, 4) is 0 Å². The molecule has 18 heavy (non-hydrogen) atoms. The van der Waals surface area contributed by atoms with Crippen molar-refractivity contribution in [1.82, 2.24) is 9.55 Å². The number of fused-ring (bicyclic) bond motifs is 1. The van der Waals surface area contributed by atoms with E-state index in [1.54, 1.807) is 7.11 Å². The minimum Gasteiger partial charge on any atom is -0.385 e. The maximum Gasteiger partial charge on any atom is 0.124 e. The van der Waals surface area contributed by atoms with Gasteiger partial charge in [0.05, 0.1) is 16.9 Å². The monoisotopic (exact) mass is 266 g/mol. The number of hydrogen-bond acceptors (Lipinski definition) is 2. The van der Waals surface area contributed by atoms with Crippen molar-refractivity contribution in [3.63, 3.8) is 0 Å². The molecule has 0 unspecified atom stereocenters. The SMILES string of the molecule is COCCCCn1c(CCl)nc2c(C)cccc21. The lowest BCUT2D eigenvalue weighted by Gasteiger charge is -2.07. The van der Waals surface area contributed by atoms with Crippen LogP contribution in [0.3, 0.4) is 0 Å². The number of imidazole rings is 1. The number of rotatable bonds is 6. The molecule has 3 nitrogen and oxygen atoms in total. The molecule has 0 N–H and O–H groups in total. The zero-order valence-corrected chi connectivity index (χ0v) is 11.7. The predicted molar refractivity (Wildman–Crippen MR) is 75.1 cm³/mol. The lowest BCUT2D eigenvalue weighted by molar-refractivity contribution is 0.191. The molecule has 2 rings (SSSR count). The van der Waals surface area contributed by atoms with Crippen molar-refractivity contribution in [2.75, 3.05) is 13.7 Å². The molecule has 0 spiro atoms. The van der Waals surface area contributed by atoms with Crippen LogP contribution < -0.4 is 0 Å². The molecule has 0 saturated heterocycles. The normalized spacial score (nSPS) is 11.3. The molecule has 1 aromatic heterocycles. The van der Waals surface area contributed by atoms with Gasteiger partial charge in [0.25, 0.3) is 0 Å². The summed E-state index contributed by atoms with van der Waals surface area (Å²) in [6, 6.07) is 6.27. The van der Waals surface area contributed by atoms with Crippen molar-refractivity contribution in [2.24, 2.45) is 0 Å². The molecule has 0 atom stereocenters. The van der Waals surface area contributed by atoms with Crippen LogP contribution in [0.4, 0.5) is 0 Å². The van der Waals surface area contributed by atoms with Gasteiger partial charge < -0.3 is 9.30 Å². The van der Waals surface area contributed by atoms with Crippen molar-refractivity contribution in [3.05, 3.63) is 29.6 Å². The lowest BCUT2D eigenvalue weighted by atomic mass is 10.2. The molecule has 2 aromatic rings. The number of aryl methyl sites for hydroxylation is 2. The molecule has 98 valence electrons. The van der Waals surface area contributed by atoms with Crippen LogP contribution in [-0.4, -0.2) is 23.3 Å². The van der Waals surface area contributed by atoms with E-state index in [9.17, 15) is 0 Å². The number of benzene rings is 1. The summed E-state index contributed by atoms with van der Waals surface area (Å²) in [5.41, 5.74) is 3.46. The van der Waals surface area contributed by atoms with Crippen molar-refractivity contribution in [2.45, 2.75) is 32.2 Å². The average molecular weight is 267 g/mol. The highest BCUT2D eigenvalue weighted by molar-refractivity contribution is 6.16. The molecule has 0 aliphatic heterocycles. The number of alkyl halides is 1. The summed E-state index contributed by atoms with van der Waals surface area (Å²) in [6.07, 6.45) is 2.14. The molecule has 4 heteroatoms. The highest BCUT2D eigenvalue weighted by Crippen LogP contribution is 2.21. The lowest BCUT2D eigenvalue weighted by Crippen LogP contribution is -2.03. The maximum atomic E-state index is 5.99. The van der Waals surface area contributed by atoms with E-state index in [4.69, 9.17) is 16.3 Å². The molecule has 0 aliphatic carbocycles. The largest absolute Gasteiger partial charge is 0.385 e. The minimum atomic E-state index is 0.457. The molecule has 0 radical (unpaired) electrons. The molecule has 0 aliphatic rings. The van der Waals surface area contributed by atoms with E-state index in [1.807, 2.05) is 0 Å². The van der Waals surface area contributed by atoms with E-state index in [-0.39, 0.29) is 0 Å². The second-order valence-electron chi connectivity index (χ2n) is 4.46. The quantitative estimate of drug-likeness (QED) is 0.591. The Balaban J connectivity index is 2.26. The fraction of sp³-hybridized carbons (Fsp3) is 0.500. The number of nitrogens with zero attached hydrogens (tertiary/aromatic N) is 2. The van der Waals surface area contributed by atoms with E-state index in [0.29, 0.717) is 5.88 Å². The van der Waals surface area contributed by atoms with Crippen LogP contribution >= 0.6 is 11.6 Å². The first kappa shape index (κ1) is 13.4. The molecular formula is C14H19ClN2O. The standard InChI is InChI=1S/C14H19ClN2O/c1-11-6-5-7-12-14(11)16-13(10-15)17(12)8-3-4-9-18-2/h5-7H,3-4,8-10H2,1-2H3. The van der Waals surface area contributed by atoms with Gasteiger partial charge in [0, 0.05) is 20.3 Å². The van der Waals surface area contributed by atoms with Crippen molar-refractivity contribution < 1.29 is 4.74 Å². The Morgan fingerprint density at radius 2 is 2.17 bits per heavy atom. The number of hydrogen-bond donors (Lipinski definition) is 0. The molecular weight excluding hydrogens is 248 g/mol. The van der Waals surface area contributed by atoms with Gasteiger partial charge >= 0.3 is 0 Å². The molecule has 1 heterocycles.